The molecule has 7 nitrogen and oxygen atoms in total. The second-order valence-corrected chi connectivity index (χ2v) is 22.5. The van der Waals surface area contributed by atoms with Gasteiger partial charge in [-0.05, 0) is 125 Å². The zero-order valence-electron chi connectivity index (χ0n) is 44.3. The number of fused-ring (bicyclic) bond motifs is 15. The normalized spacial score (nSPS) is 12.1. The van der Waals surface area contributed by atoms with Crippen LogP contribution >= 0.6 is 11.3 Å². The Morgan fingerprint density at radius 1 is 0.277 bits per heavy atom. The molecule has 8 heteroatoms. The fraction of sp³-hybridized carbons (Fsp3) is 0. The fourth-order valence-corrected chi connectivity index (χ4v) is 14.2. The summed E-state index contributed by atoms with van der Waals surface area (Å²) < 4.78 is 20.5. The highest BCUT2D eigenvalue weighted by molar-refractivity contribution is 7.26. The van der Waals surface area contributed by atoms with Crippen LogP contribution in [0.25, 0.3) is 175 Å². The first kappa shape index (κ1) is 45.9. The Morgan fingerprint density at radius 2 is 0.831 bits per heavy atom. The molecule has 12 aromatic carbocycles. The van der Waals surface area contributed by atoms with Gasteiger partial charge in [-0.1, -0.05) is 158 Å². The van der Waals surface area contributed by atoms with Gasteiger partial charge in [0.25, 0.3) is 0 Å². The van der Waals surface area contributed by atoms with Crippen molar-refractivity contribution in [1.29, 1.82) is 0 Å². The maximum atomic E-state index is 6.65. The van der Waals surface area contributed by atoms with Gasteiger partial charge in [0.2, 0.25) is 0 Å². The molecule has 0 aliphatic carbocycles. The van der Waals surface area contributed by atoms with E-state index in [1.807, 2.05) is 53.8 Å². The van der Waals surface area contributed by atoms with Gasteiger partial charge in [0.1, 0.15) is 22.3 Å². The molecule has 83 heavy (non-hydrogen) atoms. The summed E-state index contributed by atoms with van der Waals surface area (Å²) >= 11 is 1.86. The predicted molar refractivity (Wildman–Crippen MR) is 343 cm³/mol. The molecule has 0 N–H and O–H groups in total. The van der Waals surface area contributed by atoms with Crippen molar-refractivity contribution in [2.45, 2.75) is 0 Å². The minimum Gasteiger partial charge on any atom is -0.456 e. The second-order valence-electron chi connectivity index (χ2n) is 21.4. The monoisotopic (exact) mass is 1080 g/mol. The first-order chi connectivity index (χ1) is 41.1. The van der Waals surface area contributed by atoms with Crippen molar-refractivity contribution in [2.24, 2.45) is 0 Å². The topological polar surface area (TPSA) is 74.8 Å². The predicted octanol–water partition coefficient (Wildman–Crippen LogP) is 20.6. The van der Waals surface area contributed by atoms with Crippen molar-refractivity contribution in [1.82, 2.24) is 24.1 Å². The molecule has 6 aromatic heterocycles. The molecule has 0 saturated heterocycles. The van der Waals surface area contributed by atoms with E-state index in [-0.39, 0.29) is 0 Å². The largest absolute Gasteiger partial charge is 0.456 e. The van der Waals surface area contributed by atoms with Crippen LogP contribution in [0.1, 0.15) is 0 Å². The molecule has 6 heterocycles. The Kier molecular flexibility index (Phi) is 9.83. The van der Waals surface area contributed by atoms with Gasteiger partial charge in [-0.25, -0.2) is 15.0 Å². The van der Waals surface area contributed by atoms with Gasteiger partial charge in [-0.15, -0.1) is 11.3 Å². The Labute approximate surface area is 477 Å². The van der Waals surface area contributed by atoms with Crippen LogP contribution in [0.3, 0.4) is 0 Å². The third-order valence-corrected chi connectivity index (χ3v) is 18.0. The number of hydrogen-bond donors (Lipinski definition) is 0. The summed E-state index contributed by atoms with van der Waals surface area (Å²) in [7, 11) is 0. The van der Waals surface area contributed by atoms with E-state index in [2.05, 4.69) is 228 Å². The number of thiophene rings is 1. The summed E-state index contributed by atoms with van der Waals surface area (Å²) in [5.74, 6) is 1.67. The Hall–Kier alpha value is -10.9. The lowest BCUT2D eigenvalue weighted by atomic mass is 9.98. The van der Waals surface area contributed by atoms with Crippen molar-refractivity contribution >= 4 is 119 Å². The number of benzene rings is 12. The average Bonchev–Trinajstić information content (AvgIpc) is 3.95. The lowest BCUT2D eigenvalue weighted by molar-refractivity contribution is 0.668. The lowest BCUT2D eigenvalue weighted by Crippen LogP contribution is -2.00. The van der Waals surface area contributed by atoms with E-state index in [0.717, 1.165) is 94.1 Å². The Bertz CT molecular complexity index is 5660. The van der Waals surface area contributed by atoms with Gasteiger partial charge in [0.15, 0.2) is 17.5 Å². The van der Waals surface area contributed by atoms with Gasteiger partial charge in [0.05, 0.1) is 22.1 Å². The lowest BCUT2D eigenvalue weighted by Gasteiger charge is -2.09. The van der Waals surface area contributed by atoms with Crippen LogP contribution < -0.4 is 0 Å². The van der Waals surface area contributed by atoms with E-state index < -0.39 is 0 Å². The van der Waals surface area contributed by atoms with Gasteiger partial charge in [0, 0.05) is 91.3 Å². The third kappa shape index (κ3) is 7.06. The summed E-state index contributed by atoms with van der Waals surface area (Å²) in [6.07, 6.45) is 0. The Morgan fingerprint density at radius 3 is 1.61 bits per heavy atom. The van der Waals surface area contributed by atoms with Gasteiger partial charge < -0.3 is 18.0 Å². The number of rotatable bonds is 7. The smallest absolute Gasteiger partial charge is 0.164 e. The van der Waals surface area contributed by atoms with Crippen LogP contribution in [0.4, 0.5) is 0 Å². The number of furan rings is 2. The van der Waals surface area contributed by atoms with E-state index >= 15 is 0 Å². The standard InChI is InChI=1S/C75H43N5O2S/c1-3-15-44(16-4-1)73-76-74(48-29-34-55-59-43-50(33-37-66(59)82-69(55)42-48)80-62-25-10-7-19-52(62)53-20-8-11-26-63(53)80)78-75(77-73)57-24-14-28-68-71(57)61-40-45(31-36-67(61)81-68)46-32-38-70-60(39-46)56-23-13-22-51(72(56)83-70)47-30-35-65-58(41-47)54-21-9-12-27-64(54)79(65)49-17-5-2-6-18-49/h1-43H. The average molecular weight is 1080 g/mol. The van der Waals surface area contributed by atoms with Crippen molar-refractivity contribution in [3.05, 3.63) is 261 Å². The quantitative estimate of drug-likeness (QED) is 0.159. The van der Waals surface area contributed by atoms with Crippen molar-refractivity contribution in [3.8, 4) is 67.8 Å². The molecule has 0 aliphatic rings. The van der Waals surface area contributed by atoms with Crippen molar-refractivity contribution in [2.75, 3.05) is 0 Å². The highest BCUT2D eigenvalue weighted by atomic mass is 32.1. The summed E-state index contributed by atoms with van der Waals surface area (Å²) in [6, 6.07) is 92.7. The first-order valence-corrected chi connectivity index (χ1v) is 28.7. The van der Waals surface area contributed by atoms with Crippen LogP contribution in [0, 0.1) is 0 Å². The van der Waals surface area contributed by atoms with Crippen molar-refractivity contribution in [3.63, 3.8) is 0 Å². The molecule has 0 spiro atoms. The molecule has 0 bridgehead atoms. The van der Waals surface area contributed by atoms with Gasteiger partial charge in [-0.2, -0.15) is 0 Å². The van der Waals surface area contributed by atoms with E-state index in [0.29, 0.717) is 17.5 Å². The molecule has 0 unspecified atom stereocenters. The molecular weight excluding hydrogens is 1030 g/mol. The molecular formula is C75H43N5O2S. The first-order valence-electron chi connectivity index (χ1n) is 27.9. The molecule has 0 radical (unpaired) electrons. The molecule has 18 aromatic rings. The zero-order valence-corrected chi connectivity index (χ0v) is 45.1. The van der Waals surface area contributed by atoms with Crippen LogP contribution in [-0.4, -0.2) is 24.1 Å². The summed E-state index contributed by atoms with van der Waals surface area (Å²) in [4.78, 5) is 15.7. The molecule has 0 fully saturated rings. The van der Waals surface area contributed by atoms with E-state index in [1.54, 1.807) is 0 Å². The molecule has 0 saturated carbocycles. The third-order valence-electron chi connectivity index (χ3n) is 16.8. The number of para-hydroxylation sites is 4. The maximum absolute atomic E-state index is 6.65. The summed E-state index contributed by atoms with van der Waals surface area (Å²) in [6.45, 7) is 0. The minimum atomic E-state index is 0.545. The maximum Gasteiger partial charge on any atom is 0.164 e. The van der Waals surface area contributed by atoms with Crippen LogP contribution in [0.5, 0.6) is 0 Å². The fourth-order valence-electron chi connectivity index (χ4n) is 13.0. The highest BCUT2D eigenvalue weighted by Crippen LogP contribution is 2.45. The molecule has 0 atom stereocenters. The van der Waals surface area contributed by atoms with E-state index in [1.165, 1.54) is 63.9 Å². The van der Waals surface area contributed by atoms with Crippen LogP contribution in [0.2, 0.25) is 0 Å². The number of aromatic nitrogens is 5. The van der Waals surface area contributed by atoms with Gasteiger partial charge in [-0.3, -0.25) is 0 Å². The Balaban J connectivity index is 0.733. The molecule has 386 valence electrons. The zero-order chi connectivity index (χ0) is 54.3. The highest BCUT2D eigenvalue weighted by Gasteiger charge is 2.22. The summed E-state index contributed by atoms with van der Waals surface area (Å²) in [5, 5.41) is 11.4. The molecule has 0 aliphatic heterocycles. The van der Waals surface area contributed by atoms with E-state index in [4.69, 9.17) is 23.8 Å². The minimum absolute atomic E-state index is 0.545. The molecule has 18 rings (SSSR count). The summed E-state index contributed by atoms with van der Waals surface area (Å²) in [5.41, 5.74) is 17.3. The molecule has 0 amide bonds. The second kappa shape index (κ2) is 17.8. The SMILES string of the molecule is c1ccc(-c2nc(-c3ccc4c(c3)oc3ccc(-n5c6ccccc6c6ccccc65)cc34)nc(-c3cccc4oc5ccc(-c6ccc7sc8c(-c9ccc%10c(c9)c9ccccc9n%10-c9ccccc9)cccc8c7c6)cc5c34)n2)cc1. The van der Waals surface area contributed by atoms with E-state index in [9.17, 15) is 0 Å². The van der Waals surface area contributed by atoms with Crippen LogP contribution in [-0.2, 0) is 0 Å². The van der Waals surface area contributed by atoms with Crippen LogP contribution in [0.15, 0.2) is 270 Å². The number of hydrogen-bond acceptors (Lipinski definition) is 6. The van der Waals surface area contributed by atoms with Gasteiger partial charge >= 0.3 is 0 Å². The number of nitrogens with zero attached hydrogens (tertiary/aromatic N) is 5. The van der Waals surface area contributed by atoms with Crippen molar-refractivity contribution < 1.29 is 8.83 Å².